The van der Waals surface area contributed by atoms with Gasteiger partial charge in [-0.2, -0.15) is 0 Å². The minimum absolute atomic E-state index is 0.144. The summed E-state index contributed by atoms with van der Waals surface area (Å²) in [6.45, 7) is 0. The lowest BCUT2D eigenvalue weighted by atomic mass is 9.99. The molecule has 0 radical (unpaired) electrons. The molecule has 0 saturated heterocycles. The van der Waals surface area contributed by atoms with Gasteiger partial charge in [0.1, 0.15) is 0 Å². The Balaban J connectivity index is 2.25. The fraction of sp³-hybridized carbons (Fsp3) is 0.0667. The standard InChI is InChI=1S/C15H10Cl2/c16-12-8-7-11-6-5-10-3-1-2-4-13(10)15(17)14(11)9-12/h1-9,15H. The van der Waals surface area contributed by atoms with Crippen molar-refractivity contribution in [2.45, 2.75) is 5.38 Å². The predicted octanol–water partition coefficient (Wildman–Crippen LogP) is 5.15. The van der Waals surface area contributed by atoms with E-state index in [1.54, 1.807) is 0 Å². The Bertz CT molecular complexity index is 600. The molecule has 1 aliphatic rings. The molecule has 0 aromatic heterocycles. The lowest BCUT2D eigenvalue weighted by Gasteiger charge is -2.13. The van der Waals surface area contributed by atoms with E-state index in [1.807, 2.05) is 30.3 Å². The first kappa shape index (κ1) is 10.9. The summed E-state index contributed by atoms with van der Waals surface area (Å²) in [4.78, 5) is 0. The average molecular weight is 261 g/mol. The minimum Gasteiger partial charge on any atom is -0.113 e. The molecule has 0 heterocycles. The Hall–Kier alpha value is -1.24. The molecule has 0 amide bonds. The summed E-state index contributed by atoms with van der Waals surface area (Å²) in [5.41, 5.74) is 4.50. The molecule has 1 aliphatic carbocycles. The fourth-order valence-electron chi connectivity index (χ4n) is 2.16. The second kappa shape index (κ2) is 4.21. The van der Waals surface area contributed by atoms with E-state index >= 15 is 0 Å². The Morgan fingerprint density at radius 2 is 1.53 bits per heavy atom. The molecular weight excluding hydrogens is 251 g/mol. The van der Waals surface area contributed by atoms with Crippen LogP contribution in [-0.2, 0) is 0 Å². The monoisotopic (exact) mass is 260 g/mol. The maximum Gasteiger partial charge on any atom is 0.0847 e. The molecule has 2 heteroatoms. The molecule has 0 bridgehead atoms. The molecule has 0 aliphatic heterocycles. The Kier molecular flexibility index (Phi) is 2.70. The van der Waals surface area contributed by atoms with E-state index in [1.165, 1.54) is 5.56 Å². The van der Waals surface area contributed by atoms with Crippen molar-refractivity contribution in [3.63, 3.8) is 0 Å². The van der Waals surface area contributed by atoms with Crippen molar-refractivity contribution < 1.29 is 0 Å². The van der Waals surface area contributed by atoms with Gasteiger partial charge >= 0.3 is 0 Å². The molecule has 0 saturated carbocycles. The van der Waals surface area contributed by atoms with Crippen molar-refractivity contribution in [3.8, 4) is 0 Å². The van der Waals surface area contributed by atoms with Crippen LogP contribution in [0, 0.1) is 0 Å². The maximum absolute atomic E-state index is 6.56. The molecule has 84 valence electrons. The third kappa shape index (κ3) is 1.88. The quantitative estimate of drug-likeness (QED) is 0.575. The van der Waals surface area contributed by atoms with Gasteiger partial charge < -0.3 is 0 Å². The van der Waals surface area contributed by atoms with Crippen molar-refractivity contribution in [1.82, 2.24) is 0 Å². The zero-order chi connectivity index (χ0) is 11.8. The van der Waals surface area contributed by atoms with Gasteiger partial charge in [-0.1, -0.05) is 54.1 Å². The summed E-state index contributed by atoms with van der Waals surface area (Å²) in [5, 5.41) is 0.581. The Labute approximate surface area is 110 Å². The summed E-state index contributed by atoms with van der Waals surface area (Å²) in [6, 6.07) is 14.0. The van der Waals surface area contributed by atoms with Gasteiger partial charge in [0.2, 0.25) is 0 Å². The van der Waals surface area contributed by atoms with Crippen molar-refractivity contribution in [2.24, 2.45) is 0 Å². The highest BCUT2D eigenvalue weighted by Gasteiger charge is 2.18. The van der Waals surface area contributed by atoms with E-state index < -0.39 is 0 Å². The van der Waals surface area contributed by atoms with Gasteiger partial charge in [0.05, 0.1) is 5.38 Å². The predicted molar refractivity (Wildman–Crippen MR) is 74.5 cm³/mol. The first-order chi connectivity index (χ1) is 8.25. The zero-order valence-corrected chi connectivity index (χ0v) is 10.5. The minimum atomic E-state index is -0.144. The van der Waals surface area contributed by atoms with Crippen LogP contribution in [0.4, 0.5) is 0 Å². The van der Waals surface area contributed by atoms with Crippen molar-refractivity contribution >= 4 is 35.4 Å². The van der Waals surface area contributed by atoms with Crippen LogP contribution in [0.2, 0.25) is 5.02 Å². The largest absolute Gasteiger partial charge is 0.113 e. The van der Waals surface area contributed by atoms with Gasteiger partial charge in [0, 0.05) is 5.02 Å². The number of halogens is 2. The molecular formula is C15H10Cl2. The third-order valence-corrected chi connectivity index (χ3v) is 3.74. The topological polar surface area (TPSA) is 0 Å². The summed E-state index contributed by atoms with van der Waals surface area (Å²) < 4.78 is 0. The molecule has 0 fully saturated rings. The molecule has 1 unspecified atom stereocenters. The first-order valence-electron chi connectivity index (χ1n) is 5.46. The van der Waals surface area contributed by atoms with Gasteiger partial charge in [-0.15, -0.1) is 11.6 Å². The first-order valence-corrected chi connectivity index (χ1v) is 6.28. The molecule has 17 heavy (non-hydrogen) atoms. The van der Waals surface area contributed by atoms with Crippen LogP contribution in [0.15, 0.2) is 42.5 Å². The number of hydrogen-bond donors (Lipinski definition) is 0. The molecule has 1 atom stereocenters. The van der Waals surface area contributed by atoms with Crippen molar-refractivity contribution in [2.75, 3.05) is 0 Å². The number of fused-ring (bicyclic) bond motifs is 2. The lowest BCUT2D eigenvalue weighted by Crippen LogP contribution is -1.96. The van der Waals surface area contributed by atoms with Crippen LogP contribution in [0.5, 0.6) is 0 Å². The van der Waals surface area contributed by atoms with Crippen molar-refractivity contribution in [3.05, 3.63) is 69.7 Å². The maximum atomic E-state index is 6.56. The SMILES string of the molecule is Clc1ccc2c(c1)C(Cl)c1ccccc1C=C2. The molecule has 2 aromatic rings. The highest BCUT2D eigenvalue weighted by atomic mass is 35.5. The average Bonchev–Trinajstić information content (AvgIpc) is 2.49. The van der Waals surface area contributed by atoms with Crippen LogP contribution in [0.25, 0.3) is 12.2 Å². The Morgan fingerprint density at radius 1 is 0.824 bits per heavy atom. The normalized spacial score (nSPS) is 17.2. The number of alkyl halides is 1. The number of hydrogen-bond acceptors (Lipinski definition) is 0. The van der Waals surface area contributed by atoms with Gasteiger partial charge in [0.15, 0.2) is 0 Å². The Morgan fingerprint density at radius 3 is 2.35 bits per heavy atom. The van der Waals surface area contributed by atoms with Crippen molar-refractivity contribution in [1.29, 1.82) is 0 Å². The molecule has 2 aromatic carbocycles. The van der Waals surface area contributed by atoms with Crippen LogP contribution >= 0.6 is 23.2 Å². The van der Waals surface area contributed by atoms with E-state index in [-0.39, 0.29) is 5.38 Å². The smallest absolute Gasteiger partial charge is 0.0847 e. The molecule has 0 nitrogen and oxygen atoms in total. The van der Waals surface area contributed by atoms with E-state index in [4.69, 9.17) is 23.2 Å². The van der Waals surface area contributed by atoms with E-state index in [9.17, 15) is 0 Å². The van der Waals surface area contributed by atoms with Gasteiger partial charge in [-0.3, -0.25) is 0 Å². The van der Waals surface area contributed by atoms with Crippen LogP contribution in [-0.4, -0.2) is 0 Å². The second-order valence-corrected chi connectivity index (χ2v) is 4.97. The van der Waals surface area contributed by atoms with Crippen LogP contribution < -0.4 is 0 Å². The third-order valence-electron chi connectivity index (χ3n) is 3.03. The highest BCUT2D eigenvalue weighted by molar-refractivity contribution is 6.31. The summed E-state index contributed by atoms with van der Waals surface area (Å²) in [5.74, 6) is 0. The van der Waals surface area contributed by atoms with Gasteiger partial charge in [0.25, 0.3) is 0 Å². The van der Waals surface area contributed by atoms with Crippen LogP contribution in [0.1, 0.15) is 27.6 Å². The number of benzene rings is 2. The zero-order valence-electron chi connectivity index (χ0n) is 9.03. The second-order valence-electron chi connectivity index (χ2n) is 4.10. The highest BCUT2D eigenvalue weighted by Crippen LogP contribution is 2.38. The fourth-order valence-corrected chi connectivity index (χ4v) is 2.73. The van der Waals surface area contributed by atoms with E-state index in [0.29, 0.717) is 0 Å². The van der Waals surface area contributed by atoms with E-state index in [0.717, 1.165) is 21.7 Å². The summed E-state index contributed by atoms with van der Waals surface area (Å²) in [6.07, 6.45) is 4.19. The van der Waals surface area contributed by atoms with Gasteiger partial charge in [-0.05, 0) is 34.4 Å². The van der Waals surface area contributed by atoms with E-state index in [2.05, 4.69) is 24.3 Å². The number of rotatable bonds is 0. The molecule has 0 N–H and O–H groups in total. The molecule has 0 spiro atoms. The lowest BCUT2D eigenvalue weighted by molar-refractivity contribution is 1.13. The van der Waals surface area contributed by atoms with Crippen LogP contribution in [0.3, 0.4) is 0 Å². The van der Waals surface area contributed by atoms with Gasteiger partial charge in [-0.25, -0.2) is 0 Å². The summed E-state index contributed by atoms with van der Waals surface area (Å²) in [7, 11) is 0. The molecule has 3 rings (SSSR count). The summed E-state index contributed by atoms with van der Waals surface area (Å²) >= 11 is 12.6.